The lowest BCUT2D eigenvalue weighted by atomic mass is 10.1. The van der Waals surface area contributed by atoms with Crippen LogP contribution in [0.5, 0.6) is 5.75 Å². The van der Waals surface area contributed by atoms with Gasteiger partial charge in [0.1, 0.15) is 5.75 Å². The first-order valence-corrected chi connectivity index (χ1v) is 12.1. The number of halogens is 1. The second-order valence-corrected chi connectivity index (χ2v) is 10.1. The summed E-state index contributed by atoms with van der Waals surface area (Å²) in [6.45, 7) is 3.57. The second kappa shape index (κ2) is 9.14. The molecule has 0 aliphatic carbocycles. The molecule has 0 fully saturated rings. The highest BCUT2D eigenvalue weighted by Crippen LogP contribution is 2.35. The summed E-state index contributed by atoms with van der Waals surface area (Å²) in [5.41, 5.74) is 1.47. The highest BCUT2D eigenvalue weighted by Gasteiger charge is 2.22. The van der Waals surface area contributed by atoms with Gasteiger partial charge in [-0.2, -0.15) is 0 Å². The van der Waals surface area contributed by atoms with Crippen molar-refractivity contribution in [3.63, 3.8) is 0 Å². The van der Waals surface area contributed by atoms with E-state index in [4.69, 9.17) is 16.1 Å². The Kier molecular flexibility index (Phi) is 6.81. The van der Waals surface area contributed by atoms with Crippen LogP contribution in [0.25, 0.3) is 0 Å². The summed E-state index contributed by atoms with van der Waals surface area (Å²) in [7, 11) is -6.31. The maximum atomic E-state index is 12.7. The lowest BCUT2D eigenvalue weighted by molar-refractivity contribution is 0.506. The van der Waals surface area contributed by atoms with Crippen LogP contribution in [0.15, 0.2) is 77.7 Å². The standard InChI is InChI=1S/C21H21ClNO4PS/c1-15-8-11-19(12-9-15)29(25,26)23-16(2)20-14-17(22)10-13-21(20)27-28(24)18-6-4-3-5-7-18/h3-14,16,23,28H,1-2H3/t16-/m1/s1. The molecule has 1 N–H and O–H groups in total. The van der Waals surface area contributed by atoms with Crippen LogP contribution >= 0.6 is 19.6 Å². The average molecular weight is 450 g/mol. The predicted molar refractivity (Wildman–Crippen MR) is 117 cm³/mol. The van der Waals surface area contributed by atoms with Crippen molar-refractivity contribution in [3.05, 3.63) is 88.9 Å². The fraction of sp³-hybridized carbons (Fsp3) is 0.143. The zero-order chi connectivity index (χ0) is 21.0. The Hall–Kier alpha value is -2.11. The first-order valence-electron chi connectivity index (χ1n) is 8.92. The van der Waals surface area contributed by atoms with E-state index in [1.165, 1.54) is 0 Å². The summed E-state index contributed by atoms with van der Waals surface area (Å²) < 4.78 is 46.4. The van der Waals surface area contributed by atoms with Gasteiger partial charge in [0.25, 0.3) is 8.03 Å². The lowest BCUT2D eigenvalue weighted by Gasteiger charge is -2.19. The molecule has 0 aliphatic rings. The van der Waals surface area contributed by atoms with Crippen LogP contribution in [-0.2, 0) is 14.6 Å². The van der Waals surface area contributed by atoms with Crippen LogP contribution in [0.2, 0.25) is 5.02 Å². The van der Waals surface area contributed by atoms with E-state index in [-0.39, 0.29) is 4.90 Å². The van der Waals surface area contributed by atoms with Gasteiger partial charge < -0.3 is 4.52 Å². The van der Waals surface area contributed by atoms with Gasteiger partial charge in [0.15, 0.2) is 0 Å². The Bertz CT molecular complexity index is 1120. The van der Waals surface area contributed by atoms with Crippen LogP contribution in [0.1, 0.15) is 24.1 Å². The summed E-state index contributed by atoms with van der Waals surface area (Å²) in [5, 5.41) is 0.999. The predicted octanol–water partition coefficient (Wildman–Crippen LogP) is 4.87. The van der Waals surface area contributed by atoms with E-state index in [2.05, 4.69) is 4.72 Å². The molecule has 2 atom stereocenters. The summed E-state index contributed by atoms with van der Waals surface area (Å²) in [4.78, 5) is 0.164. The Morgan fingerprint density at radius 2 is 1.66 bits per heavy atom. The number of benzene rings is 3. The van der Waals surface area contributed by atoms with Gasteiger partial charge in [-0.15, -0.1) is 0 Å². The number of hydrogen-bond acceptors (Lipinski definition) is 4. The Morgan fingerprint density at radius 3 is 2.31 bits per heavy atom. The Labute approximate surface area is 176 Å². The first-order chi connectivity index (χ1) is 13.8. The van der Waals surface area contributed by atoms with Crippen molar-refractivity contribution in [2.24, 2.45) is 0 Å². The first kappa shape index (κ1) is 21.6. The molecule has 1 unspecified atom stereocenters. The highest BCUT2D eigenvalue weighted by molar-refractivity contribution is 7.89. The molecule has 0 radical (unpaired) electrons. The summed E-state index contributed by atoms with van der Waals surface area (Å²) in [6.07, 6.45) is 0. The largest absolute Gasteiger partial charge is 0.441 e. The van der Waals surface area contributed by atoms with Crippen molar-refractivity contribution < 1.29 is 17.5 Å². The van der Waals surface area contributed by atoms with Crippen LogP contribution in [0, 0.1) is 6.92 Å². The van der Waals surface area contributed by atoms with Crippen LogP contribution in [0.3, 0.4) is 0 Å². The maximum Gasteiger partial charge on any atom is 0.265 e. The van der Waals surface area contributed by atoms with Gasteiger partial charge in [-0.1, -0.05) is 47.5 Å². The van der Waals surface area contributed by atoms with E-state index in [0.717, 1.165) is 5.56 Å². The van der Waals surface area contributed by atoms with Gasteiger partial charge in [-0.05, 0) is 56.3 Å². The molecule has 3 rings (SSSR count). The molecule has 0 saturated heterocycles. The Balaban J connectivity index is 1.86. The lowest BCUT2D eigenvalue weighted by Crippen LogP contribution is -2.27. The molecule has 5 nitrogen and oxygen atoms in total. The Morgan fingerprint density at radius 1 is 1.00 bits per heavy atom. The molecular weight excluding hydrogens is 429 g/mol. The molecule has 152 valence electrons. The van der Waals surface area contributed by atoms with E-state index in [1.54, 1.807) is 73.7 Å². The molecule has 29 heavy (non-hydrogen) atoms. The number of aryl methyl sites for hydroxylation is 1. The summed E-state index contributed by atoms with van der Waals surface area (Å²) in [6, 6.07) is 19.6. The van der Waals surface area contributed by atoms with Crippen molar-refractivity contribution in [2.45, 2.75) is 24.8 Å². The zero-order valence-corrected chi connectivity index (χ0v) is 18.5. The van der Waals surface area contributed by atoms with E-state index in [1.807, 2.05) is 13.0 Å². The SMILES string of the molecule is Cc1ccc(S(=O)(=O)N[C@H](C)c2cc(Cl)ccc2O[PH](=O)c2ccccc2)cc1. The third-order valence-electron chi connectivity index (χ3n) is 4.31. The molecule has 8 heteroatoms. The summed E-state index contributed by atoms with van der Waals surface area (Å²) >= 11 is 6.12. The van der Waals surface area contributed by atoms with E-state index in [9.17, 15) is 13.0 Å². The summed E-state index contributed by atoms with van der Waals surface area (Å²) in [5.74, 6) is 0.321. The molecule has 0 amide bonds. The van der Waals surface area contributed by atoms with E-state index in [0.29, 0.717) is 21.6 Å². The van der Waals surface area contributed by atoms with Gasteiger partial charge in [0.05, 0.1) is 4.90 Å². The minimum atomic E-state index is -3.75. The van der Waals surface area contributed by atoms with E-state index >= 15 is 0 Å². The van der Waals surface area contributed by atoms with Gasteiger partial charge in [-0.3, -0.25) is 4.57 Å². The third kappa shape index (κ3) is 5.49. The maximum absolute atomic E-state index is 12.7. The normalized spacial score (nSPS) is 13.6. The monoisotopic (exact) mass is 449 g/mol. The number of rotatable bonds is 7. The van der Waals surface area contributed by atoms with Gasteiger partial charge in [0.2, 0.25) is 10.0 Å². The van der Waals surface area contributed by atoms with Crippen molar-refractivity contribution in [1.29, 1.82) is 0 Å². The zero-order valence-electron chi connectivity index (χ0n) is 15.9. The quantitative estimate of drug-likeness (QED) is 0.522. The minimum absolute atomic E-state index is 0.164. The van der Waals surface area contributed by atoms with Crippen molar-refractivity contribution in [1.82, 2.24) is 4.72 Å². The minimum Gasteiger partial charge on any atom is -0.441 e. The number of nitrogens with one attached hydrogen (secondary N) is 1. The van der Waals surface area contributed by atoms with E-state index < -0.39 is 24.1 Å². The number of hydrogen-bond donors (Lipinski definition) is 1. The molecule has 3 aromatic rings. The van der Waals surface area contributed by atoms with Crippen LogP contribution in [0.4, 0.5) is 0 Å². The fourth-order valence-electron chi connectivity index (χ4n) is 2.77. The third-order valence-corrected chi connectivity index (χ3v) is 7.32. The molecule has 0 aliphatic heterocycles. The molecular formula is C21H21ClNO4PS. The second-order valence-electron chi connectivity index (χ2n) is 6.59. The number of sulfonamides is 1. The topological polar surface area (TPSA) is 72.5 Å². The van der Waals surface area contributed by atoms with Gasteiger partial charge >= 0.3 is 0 Å². The molecule has 0 heterocycles. The van der Waals surface area contributed by atoms with Crippen LogP contribution in [-0.4, -0.2) is 8.42 Å². The molecule has 0 bridgehead atoms. The van der Waals surface area contributed by atoms with Gasteiger partial charge in [0, 0.05) is 21.9 Å². The highest BCUT2D eigenvalue weighted by atomic mass is 35.5. The van der Waals surface area contributed by atoms with Gasteiger partial charge in [-0.25, -0.2) is 13.1 Å². The smallest absolute Gasteiger partial charge is 0.265 e. The molecule has 0 spiro atoms. The van der Waals surface area contributed by atoms with Crippen molar-refractivity contribution >= 4 is 35.0 Å². The molecule has 3 aromatic carbocycles. The molecule has 0 aromatic heterocycles. The average Bonchev–Trinajstić information content (AvgIpc) is 2.70. The van der Waals surface area contributed by atoms with Crippen LogP contribution < -0.4 is 14.6 Å². The fourth-order valence-corrected chi connectivity index (χ4v) is 5.14. The van der Waals surface area contributed by atoms with Crippen molar-refractivity contribution in [2.75, 3.05) is 0 Å². The molecule has 0 saturated carbocycles. The van der Waals surface area contributed by atoms with Crippen molar-refractivity contribution in [3.8, 4) is 5.75 Å².